The molecule has 0 aliphatic heterocycles. The second kappa shape index (κ2) is 4.43. The highest BCUT2D eigenvalue weighted by molar-refractivity contribution is 5.21. The van der Waals surface area contributed by atoms with Crippen LogP contribution in [0.15, 0.2) is 18.3 Å². The Morgan fingerprint density at radius 1 is 1.69 bits per heavy atom. The number of pyridine rings is 1. The zero-order valence-electron chi connectivity index (χ0n) is 7.40. The maximum Gasteiger partial charge on any atom is 0.212 e. The standard InChI is InChI=1S/C9H11N3O/c1-13-9-3-2-7(6-12-9)8(11)4-5-10/h2-3,6,8H,4,11H2,1H3. The second-order valence-corrected chi connectivity index (χ2v) is 2.60. The third-order valence-electron chi connectivity index (χ3n) is 1.71. The molecule has 1 heterocycles. The highest BCUT2D eigenvalue weighted by atomic mass is 16.5. The minimum atomic E-state index is -0.261. The molecule has 0 saturated carbocycles. The monoisotopic (exact) mass is 177 g/mol. The molecule has 0 aliphatic carbocycles. The molecule has 0 radical (unpaired) electrons. The van der Waals surface area contributed by atoms with E-state index in [4.69, 9.17) is 15.7 Å². The van der Waals surface area contributed by atoms with Gasteiger partial charge in [0.05, 0.1) is 19.6 Å². The molecule has 0 aromatic carbocycles. The normalized spacial score (nSPS) is 11.8. The molecule has 0 aliphatic rings. The van der Waals surface area contributed by atoms with Gasteiger partial charge in [0, 0.05) is 18.3 Å². The van der Waals surface area contributed by atoms with Gasteiger partial charge in [0.25, 0.3) is 0 Å². The van der Waals surface area contributed by atoms with Crippen LogP contribution in [0.3, 0.4) is 0 Å². The molecule has 0 saturated heterocycles. The highest BCUT2D eigenvalue weighted by Gasteiger charge is 2.05. The van der Waals surface area contributed by atoms with Crippen LogP contribution in [0.4, 0.5) is 0 Å². The maximum atomic E-state index is 8.42. The van der Waals surface area contributed by atoms with E-state index in [-0.39, 0.29) is 6.04 Å². The molecule has 0 fully saturated rings. The van der Waals surface area contributed by atoms with E-state index in [0.717, 1.165) is 5.56 Å². The van der Waals surface area contributed by atoms with E-state index in [0.29, 0.717) is 12.3 Å². The molecule has 0 bridgehead atoms. The van der Waals surface area contributed by atoms with Crippen LogP contribution in [-0.2, 0) is 0 Å². The van der Waals surface area contributed by atoms with E-state index < -0.39 is 0 Å². The fourth-order valence-corrected chi connectivity index (χ4v) is 0.948. The predicted octanol–water partition coefficient (Wildman–Crippen LogP) is 1.00. The summed E-state index contributed by atoms with van der Waals surface area (Å²) in [6.07, 6.45) is 1.93. The quantitative estimate of drug-likeness (QED) is 0.747. The molecule has 1 atom stereocenters. The number of nitriles is 1. The Morgan fingerprint density at radius 2 is 2.46 bits per heavy atom. The molecule has 1 aromatic heterocycles. The number of aromatic nitrogens is 1. The third-order valence-corrected chi connectivity index (χ3v) is 1.71. The van der Waals surface area contributed by atoms with Crippen LogP contribution in [0.5, 0.6) is 5.88 Å². The fourth-order valence-electron chi connectivity index (χ4n) is 0.948. The number of ether oxygens (including phenoxy) is 1. The van der Waals surface area contributed by atoms with Crippen LogP contribution in [0.2, 0.25) is 0 Å². The SMILES string of the molecule is COc1ccc(C(N)CC#N)cn1. The zero-order chi connectivity index (χ0) is 9.68. The number of methoxy groups -OCH3 is 1. The van der Waals surface area contributed by atoms with E-state index in [1.165, 1.54) is 0 Å². The van der Waals surface area contributed by atoms with Crippen molar-refractivity contribution in [1.82, 2.24) is 4.98 Å². The van der Waals surface area contributed by atoms with E-state index in [1.54, 1.807) is 19.4 Å². The van der Waals surface area contributed by atoms with Gasteiger partial charge in [-0.2, -0.15) is 5.26 Å². The third kappa shape index (κ3) is 2.42. The highest BCUT2D eigenvalue weighted by Crippen LogP contribution is 2.14. The van der Waals surface area contributed by atoms with E-state index in [9.17, 15) is 0 Å². The van der Waals surface area contributed by atoms with Crippen molar-refractivity contribution in [2.75, 3.05) is 7.11 Å². The molecule has 0 spiro atoms. The summed E-state index contributed by atoms with van der Waals surface area (Å²) in [6.45, 7) is 0. The van der Waals surface area contributed by atoms with Crippen LogP contribution in [0.1, 0.15) is 18.0 Å². The second-order valence-electron chi connectivity index (χ2n) is 2.60. The molecule has 2 N–H and O–H groups in total. The van der Waals surface area contributed by atoms with E-state index in [2.05, 4.69) is 4.98 Å². The number of hydrogen-bond acceptors (Lipinski definition) is 4. The Hall–Kier alpha value is -1.60. The molecule has 68 valence electrons. The van der Waals surface area contributed by atoms with Gasteiger partial charge in [0.2, 0.25) is 5.88 Å². The first kappa shape index (κ1) is 9.49. The van der Waals surface area contributed by atoms with Gasteiger partial charge in [-0.3, -0.25) is 0 Å². The molecule has 4 nitrogen and oxygen atoms in total. The van der Waals surface area contributed by atoms with Crippen LogP contribution in [0, 0.1) is 11.3 Å². The smallest absolute Gasteiger partial charge is 0.212 e. The molecule has 1 rings (SSSR count). The van der Waals surface area contributed by atoms with Gasteiger partial charge in [-0.25, -0.2) is 4.98 Å². The lowest BCUT2D eigenvalue weighted by molar-refractivity contribution is 0.397. The van der Waals surface area contributed by atoms with Crippen LogP contribution < -0.4 is 10.5 Å². The summed E-state index contributed by atoms with van der Waals surface area (Å²) >= 11 is 0. The van der Waals surface area contributed by atoms with Crippen molar-refractivity contribution in [3.8, 4) is 11.9 Å². The molecular formula is C9H11N3O. The molecule has 1 aromatic rings. The fraction of sp³-hybridized carbons (Fsp3) is 0.333. The van der Waals surface area contributed by atoms with E-state index in [1.807, 2.05) is 12.1 Å². The summed E-state index contributed by atoms with van der Waals surface area (Å²) in [5.74, 6) is 0.549. The first-order valence-corrected chi connectivity index (χ1v) is 3.90. The first-order chi connectivity index (χ1) is 6.27. The van der Waals surface area contributed by atoms with Crippen LogP contribution in [-0.4, -0.2) is 12.1 Å². The number of rotatable bonds is 3. The van der Waals surface area contributed by atoms with Crippen LogP contribution >= 0.6 is 0 Å². The van der Waals surface area contributed by atoms with Crippen molar-refractivity contribution in [1.29, 1.82) is 5.26 Å². The maximum absolute atomic E-state index is 8.42. The average molecular weight is 177 g/mol. The van der Waals surface area contributed by atoms with Gasteiger partial charge >= 0.3 is 0 Å². The van der Waals surface area contributed by atoms with Gasteiger partial charge in [0.15, 0.2) is 0 Å². The average Bonchev–Trinajstić information content (AvgIpc) is 2.18. The summed E-state index contributed by atoms with van der Waals surface area (Å²) in [4.78, 5) is 3.99. The molecule has 4 heteroatoms. The molecular weight excluding hydrogens is 166 g/mol. The largest absolute Gasteiger partial charge is 0.481 e. The lowest BCUT2D eigenvalue weighted by Crippen LogP contribution is -2.09. The topological polar surface area (TPSA) is 71.9 Å². The minimum Gasteiger partial charge on any atom is -0.481 e. The summed E-state index contributed by atoms with van der Waals surface area (Å²) in [5, 5.41) is 8.42. The molecule has 13 heavy (non-hydrogen) atoms. The Kier molecular flexibility index (Phi) is 3.23. The summed E-state index contributed by atoms with van der Waals surface area (Å²) in [5.41, 5.74) is 6.54. The van der Waals surface area contributed by atoms with Gasteiger partial charge in [0.1, 0.15) is 0 Å². The number of nitrogens with two attached hydrogens (primary N) is 1. The number of nitrogens with zero attached hydrogens (tertiary/aromatic N) is 2. The summed E-state index contributed by atoms with van der Waals surface area (Å²) in [6, 6.07) is 5.29. The first-order valence-electron chi connectivity index (χ1n) is 3.90. The molecule has 1 unspecified atom stereocenters. The number of hydrogen-bond donors (Lipinski definition) is 1. The van der Waals surface area contributed by atoms with Crippen molar-refractivity contribution < 1.29 is 4.74 Å². The lowest BCUT2D eigenvalue weighted by atomic mass is 10.1. The van der Waals surface area contributed by atoms with Gasteiger partial charge in [-0.15, -0.1) is 0 Å². The van der Waals surface area contributed by atoms with Gasteiger partial charge in [-0.1, -0.05) is 6.07 Å². The van der Waals surface area contributed by atoms with Crippen molar-refractivity contribution >= 4 is 0 Å². The predicted molar refractivity (Wildman–Crippen MR) is 47.9 cm³/mol. The summed E-state index contributed by atoms with van der Waals surface area (Å²) in [7, 11) is 1.55. The van der Waals surface area contributed by atoms with Crippen molar-refractivity contribution in [3.05, 3.63) is 23.9 Å². The Morgan fingerprint density at radius 3 is 2.92 bits per heavy atom. The zero-order valence-corrected chi connectivity index (χ0v) is 7.40. The van der Waals surface area contributed by atoms with Gasteiger partial charge < -0.3 is 10.5 Å². The molecule has 0 amide bonds. The van der Waals surface area contributed by atoms with Crippen molar-refractivity contribution in [2.45, 2.75) is 12.5 Å². The van der Waals surface area contributed by atoms with Gasteiger partial charge in [-0.05, 0) is 5.56 Å². The lowest BCUT2D eigenvalue weighted by Gasteiger charge is -2.07. The Bertz CT molecular complexity index is 302. The van der Waals surface area contributed by atoms with Crippen LogP contribution in [0.25, 0.3) is 0 Å². The Labute approximate surface area is 77.0 Å². The van der Waals surface area contributed by atoms with Crippen molar-refractivity contribution in [3.63, 3.8) is 0 Å². The summed E-state index contributed by atoms with van der Waals surface area (Å²) < 4.78 is 4.89. The Balaban J connectivity index is 2.74. The van der Waals surface area contributed by atoms with E-state index >= 15 is 0 Å². The van der Waals surface area contributed by atoms with Crippen molar-refractivity contribution in [2.24, 2.45) is 5.73 Å². The minimum absolute atomic E-state index is 0.261.